The number of carbonyl (C=O) groups is 1. The minimum Gasteiger partial charge on any atom is -0.495 e. The summed E-state index contributed by atoms with van der Waals surface area (Å²) in [7, 11) is 1.68. The number of hydrogen-bond acceptors (Lipinski definition) is 6. The van der Waals surface area contributed by atoms with Gasteiger partial charge in [0.2, 0.25) is 0 Å². The molecule has 1 unspecified atom stereocenters. The Morgan fingerprint density at radius 1 is 1.23 bits per heavy atom. The molecule has 2 aliphatic rings. The molecule has 7 nitrogen and oxygen atoms in total. The number of anilines is 1. The van der Waals surface area contributed by atoms with Gasteiger partial charge < -0.3 is 19.6 Å². The molecule has 0 radical (unpaired) electrons. The Balaban J connectivity index is 1.23. The SMILES string of the molecule is COc1ccccc1N1CCN(CC(O)CCN2Cc3ncc(F)cc3C2=O)CC1. The number of β-amino-alcohol motifs (C(OH)–C–C–N with tert-alkyl or cyclic N) is 1. The van der Waals surface area contributed by atoms with Crippen LogP contribution in [0.4, 0.5) is 10.1 Å². The fourth-order valence-electron chi connectivity index (χ4n) is 4.14. The summed E-state index contributed by atoms with van der Waals surface area (Å²) in [6.45, 7) is 4.81. The number of rotatable bonds is 7. The number of hydrogen-bond donors (Lipinski definition) is 1. The standard InChI is InChI=1S/C22H27FN4O3/c1-30-21-5-3-2-4-20(21)26-10-8-25(9-11-26)14-17(28)6-7-27-15-19-18(22(27)29)12-16(23)13-24-19/h2-5,12-13,17,28H,6-11,14-15H2,1H3. The van der Waals surface area contributed by atoms with E-state index in [1.165, 1.54) is 6.07 Å². The highest BCUT2D eigenvalue weighted by Crippen LogP contribution is 2.28. The Hall–Kier alpha value is -2.71. The predicted molar refractivity (Wildman–Crippen MR) is 111 cm³/mol. The van der Waals surface area contributed by atoms with E-state index in [4.69, 9.17) is 4.74 Å². The van der Waals surface area contributed by atoms with E-state index < -0.39 is 11.9 Å². The van der Waals surface area contributed by atoms with Crippen molar-refractivity contribution in [3.05, 3.63) is 53.6 Å². The van der Waals surface area contributed by atoms with Crippen LogP contribution in [0.2, 0.25) is 0 Å². The summed E-state index contributed by atoms with van der Waals surface area (Å²) in [5, 5.41) is 10.5. The number of aromatic nitrogens is 1. The van der Waals surface area contributed by atoms with Gasteiger partial charge in [0.05, 0.1) is 42.9 Å². The Morgan fingerprint density at radius 3 is 2.77 bits per heavy atom. The largest absolute Gasteiger partial charge is 0.495 e. The van der Waals surface area contributed by atoms with E-state index in [2.05, 4.69) is 20.9 Å². The van der Waals surface area contributed by atoms with Gasteiger partial charge >= 0.3 is 0 Å². The van der Waals surface area contributed by atoms with Crippen molar-refractivity contribution in [2.45, 2.75) is 19.1 Å². The van der Waals surface area contributed by atoms with Gasteiger partial charge in [-0.25, -0.2) is 4.39 Å². The first-order chi connectivity index (χ1) is 14.5. The van der Waals surface area contributed by atoms with Crippen LogP contribution < -0.4 is 9.64 Å². The molecule has 0 spiro atoms. The Labute approximate surface area is 175 Å². The van der Waals surface area contributed by atoms with Gasteiger partial charge in [-0.3, -0.25) is 14.7 Å². The first-order valence-electron chi connectivity index (χ1n) is 10.3. The summed E-state index contributed by atoms with van der Waals surface area (Å²) in [6, 6.07) is 9.24. The van der Waals surface area contributed by atoms with Gasteiger partial charge in [-0.1, -0.05) is 12.1 Å². The van der Waals surface area contributed by atoms with E-state index >= 15 is 0 Å². The van der Waals surface area contributed by atoms with Crippen LogP contribution in [0.25, 0.3) is 0 Å². The summed E-state index contributed by atoms with van der Waals surface area (Å²) in [4.78, 5) is 22.6. The number of aliphatic hydroxyl groups is 1. The van der Waals surface area contributed by atoms with Crippen LogP contribution in [-0.2, 0) is 6.54 Å². The van der Waals surface area contributed by atoms with Crippen molar-refractivity contribution in [3.8, 4) is 5.75 Å². The molecule has 1 aromatic carbocycles. The maximum Gasteiger partial charge on any atom is 0.256 e. The number of amides is 1. The van der Waals surface area contributed by atoms with Gasteiger partial charge in [-0.2, -0.15) is 0 Å². The minimum absolute atomic E-state index is 0.213. The molecule has 1 fully saturated rings. The van der Waals surface area contributed by atoms with Crippen LogP contribution >= 0.6 is 0 Å². The molecule has 1 atom stereocenters. The molecule has 2 aliphatic heterocycles. The van der Waals surface area contributed by atoms with Gasteiger partial charge in [-0.15, -0.1) is 0 Å². The number of nitrogens with zero attached hydrogens (tertiary/aromatic N) is 4. The molecular formula is C22H27FN4O3. The number of halogens is 1. The first-order valence-corrected chi connectivity index (χ1v) is 10.3. The van der Waals surface area contributed by atoms with Gasteiger partial charge in [0.1, 0.15) is 11.6 Å². The van der Waals surface area contributed by atoms with Crippen molar-refractivity contribution < 1.29 is 19.0 Å². The maximum absolute atomic E-state index is 13.3. The molecule has 0 aliphatic carbocycles. The van der Waals surface area contributed by atoms with Crippen molar-refractivity contribution in [2.24, 2.45) is 0 Å². The highest BCUT2D eigenvalue weighted by atomic mass is 19.1. The Bertz CT molecular complexity index is 902. The van der Waals surface area contributed by atoms with Crippen LogP contribution in [0, 0.1) is 5.82 Å². The quantitative estimate of drug-likeness (QED) is 0.745. The maximum atomic E-state index is 13.3. The molecule has 0 bridgehead atoms. The first kappa shape index (κ1) is 20.6. The number of aliphatic hydroxyl groups excluding tert-OH is 1. The van der Waals surface area contributed by atoms with Crippen molar-refractivity contribution >= 4 is 11.6 Å². The fraction of sp³-hybridized carbons (Fsp3) is 0.455. The molecule has 1 aromatic heterocycles. The molecule has 0 saturated carbocycles. The number of para-hydroxylation sites is 2. The second kappa shape index (κ2) is 8.97. The average Bonchev–Trinajstić information content (AvgIpc) is 3.08. The second-order valence-corrected chi connectivity index (χ2v) is 7.78. The lowest BCUT2D eigenvalue weighted by molar-refractivity contribution is 0.0685. The van der Waals surface area contributed by atoms with E-state index in [9.17, 15) is 14.3 Å². The van der Waals surface area contributed by atoms with Crippen molar-refractivity contribution in [3.63, 3.8) is 0 Å². The normalized spacial score (nSPS) is 17.9. The highest BCUT2D eigenvalue weighted by molar-refractivity contribution is 5.97. The minimum atomic E-state index is -0.524. The zero-order chi connectivity index (χ0) is 21.1. The van der Waals surface area contributed by atoms with Crippen molar-refractivity contribution in [1.82, 2.24) is 14.8 Å². The number of methoxy groups -OCH3 is 1. The number of carbonyl (C=O) groups excluding carboxylic acids is 1. The zero-order valence-electron chi connectivity index (χ0n) is 17.1. The fourth-order valence-corrected chi connectivity index (χ4v) is 4.14. The van der Waals surface area contributed by atoms with E-state index in [-0.39, 0.29) is 5.91 Å². The van der Waals surface area contributed by atoms with Gasteiger partial charge in [-0.05, 0) is 24.6 Å². The number of piperazine rings is 1. The molecule has 1 amide bonds. The molecule has 1 N–H and O–H groups in total. The smallest absolute Gasteiger partial charge is 0.256 e. The summed E-state index contributed by atoms with van der Waals surface area (Å²) in [5.41, 5.74) is 2.03. The third kappa shape index (κ3) is 4.39. The number of benzene rings is 1. The molecule has 160 valence electrons. The van der Waals surface area contributed by atoms with E-state index in [0.717, 1.165) is 43.8 Å². The third-order valence-electron chi connectivity index (χ3n) is 5.79. The molecule has 4 rings (SSSR count). The van der Waals surface area contributed by atoms with Crippen LogP contribution in [0.3, 0.4) is 0 Å². The zero-order valence-corrected chi connectivity index (χ0v) is 17.1. The molecule has 2 aromatic rings. The summed E-state index contributed by atoms with van der Waals surface area (Å²) in [5.74, 6) is 0.155. The molecule has 3 heterocycles. The summed E-state index contributed by atoms with van der Waals surface area (Å²) >= 11 is 0. The van der Waals surface area contributed by atoms with Crippen LogP contribution in [0.1, 0.15) is 22.5 Å². The topological polar surface area (TPSA) is 69.1 Å². The number of fused-ring (bicyclic) bond motifs is 1. The average molecular weight is 414 g/mol. The molecular weight excluding hydrogens is 387 g/mol. The Kier molecular flexibility index (Phi) is 6.15. The van der Waals surface area contributed by atoms with Gasteiger partial charge in [0.15, 0.2) is 0 Å². The van der Waals surface area contributed by atoms with E-state index in [1.807, 2.05) is 18.2 Å². The van der Waals surface area contributed by atoms with Gasteiger partial charge in [0.25, 0.3) is 5.91 Å². The monoisotopic (exact) mass is 414 g/mol. The number of pyridine rings is 1. The highest BCUT2D eigenvalue weighted by Gasteiger charge is 2.29. The van der Waals surface area contributed by atoms with E-state index in [1.54, 1.807) is 12.0 Å². The van der Waals surface area contributed by atoms with Gasteiger partial charge in [0, 0.05) is 39.3 Å². The predicted octanol–water partition coefficient (Wildman–Crippen LogP) is 1.76. The summed E-state index contributed by atoms with van der Waals surface area (Å²) < 4.78 is 18.8. The summed E-state index contributed by atoms with van der Waals surface area (Å²) in [6.07, 6.45) is 1.09. The second-order valence-electron chi connectivity index (χ2n) is 7.78. The molecule has 1 saturated heterocycles. The van der Waals surface area contributed by atoms with Crippen LogP contribution in [-0.4, -0.2) is 78.3 Å². The molecule has 8 heteroatoms. The third-order valence-corrected chi connectivity index (χ3v) is 5.79. The van der Waals surface area contributed by atoms with Crippen LogP contribution in [0.5, 0.6) is 5.75 Å². The lowest BCUT2D eigenvalue weighted by Gasteiger charge is -2.37. The molecule has 30 heavy (non-hydrogen) atoms. The van der Waals surface area contributed by atoms with Crippen LogP contribution in [0.15, 0.2) is 36.5 Å². The van der Waals surface area contributed by atoms with E-state index in [0.29, 0.717) is 37.3 Å². The number of ether oxygens (including phenoxy) is 1. The lowest BCUT2D eigenvalue weighted by Crippen LogP contribution is -2.49. The Morgan fingerprint density at radius 2 is 2.00 bits per heavy atom. The van der Waals surface area contributed by atoms with Crippen molar-refractivity contribution in [1.29, 1.82) is 0 Å². The van der Waals surface area contributed by atoms with Crippen molar-refractivity contribution in [2.75, 3.05) is 51.3 Å². The lowest BCUT2D eigenvalue weighted by atomic mass is 10.2.